The SMILES string of the molecule is CC(=O)N[C@H]1[C@H](O[C@H]2[C@H](O)[C@@H](NC(C)=O)C(O)O[C@@H]2CO)O[C@H](CO)[C@@H](O[C@H]2O[C@H](CO[C@H]3O[C@H](CO)[C@@H](O)[C@H](O)[C@@H]3O[C@@H]3O[C@H](CO)[C@@H](O)[C@H](O)[C@H]3NC(C)=O)[C@@H](O)[C@H](O[C@H]3O[C@H](CO)[C@@H](O)[C@H](O)[C@@H]3O)[C@@H]2O)[C@@H]1O. The Bertz CT molecular complexity index is 1870. The molecular weight excluding hydrogens is 1040 g/mol. The zero-order chi connectivity index (χ0) is 56.2. The molecule has 6 saturated heterocycles. The molecule has 0 aromatic heterocycles. The van der Waals surface area contributed by atoms with Gasteiger partial charge in [0.1, 0.15) is 146 Å². The molecule has 1 unspecified atom stereocenters. The molecule has 6 rings (SSSR count). The number of nitrogens with one attached hydrogen (secondary N) is 3. The average molecular weight is 1110 g/mol. The number of rotatable bonds is 19. The third-order valence-corrected chi connectivity index (χ3v) is 13.6. The fourth-order valence-electron chi connectivity index (χ4n) is 9.60. The van der Waals surface area contributed by atoms with Crippen molar-refractivity contribution in [2.75, 3.05) is 39.6 Å². The van der Waals surface area contributed by atoms with Crippen molar-refractivity contribution >= 4 is 17.7 Å². The van der Waals surface area contributed by atoms with Gasteiger partial charge in [0, 0.05) is 20.8 Å². The van der Waals surface area contributed by atoms with Crippen molar-refractivity contribution in [3.63, 3.8) is 0 Å². The molecule has 0 spiro atoms. The lowest BCUT2D eigenvalue weighted by Crippen LogP contribution is -2.70. The number of ether oxygens (including phenoxy) is 11. The maximum absolute atomic E-state index is 12.6. The van der Waals surface area contributed by atoms with Gasteiger partial charge in [-0.3, -0.25) is 14.4 Å². The summed E-state index contributed by atoms with van der Waals surface area (Å²) in [7, 11) is 0. The van der Waals surface area contributed by atoms with Crippen molar-refractivity contribution in [2.24, 2.45) is 0 Å². The normalized spacial score (nSPS) is 48.2. The number of amides is 3. The van der Waals surface area contributed by atoms with Crippen LogP contribution >= 0.6 is 0 Å². The third-order valence-electron chi connectivity index (χ3n) is 13.6. The minimum atomic E-state index is -2.29. The number of aliphatic hydroxyl groups is 17. The Morgan fingerprint density at radius 1 is 0.342 bits per heavy atom. The Hall–Kier alpha value is -2.71. The summed E-state index contributed by atoms with van der Waals surface area (Å²) in [5.41, 5.74) is 0. The van der Waals surface area contributed by atoms with Gasteiger partial charge < -0.3 is 155 Å². The highest BCUT2D eigenvalue weighted by molar-refractivity contribution is 5.74. The molecule has 30 atom stereocenters. The third kappa shape index (κ3) is 13.7. The Morgan fingerprint density at radius 3 is 1.24 bits per heavy atom. The van der Waals surface area contributed by atoms with Crippen LogP contribution in [0.5, 0.6) is 0 Å². The van der Waals surface area contributed by atoms with Crippen molar-refractivity contribution in [3.8, 4) is 0 Å². The molecule has 6 heterocycles. The van der Waals surface area contributed by atoms with Crippen LogP contribution in [0.4, 0.5) is 0 Å². The quantitative estimate of drug-likeness (QED) is 0.0571. The second kappa shape index (κ2) is 27.2. The first kappa shape index (κ1) is 62.5. The van der Waals surface area contributed by atoms with Crippen molar-refractivity contribution < 1.29 is 153 Å². The predicted octanol–water partition coefficient (Wildman–Crippen LogP) is -13.7. The van der Waals surface area contributed by atoms with Crippen LogP contribution in [0.25, 0.3) is 0 Å². The Labute approximate surface area is 431 Å². The van der Waals surface area contributed by atoms with Crippen LogP contribution in [0.2, 0.25) is 0 Å². The zero-order valence-corrected chi connectivity index (χ0v) is 40.9. The molecule has 440 valence electrons. The lowest BCUT2D eigenvalue weighted by Gasteiger charge is -2.50. The molecule has 20 N–H and O–H groups in total. The zero-order valence-electron chi connectivity index (χ0n) is 40.9. The van der Waals surface area contributed by atoms with Crippen molar-refractivity contribution in [1.82, 2.24) is 16.0 Å². The highest BCUT2D eigenvalue weighted by Crippen LogP contribution is 2.36. The molecule has 34 heteroatoms. The van der Waals surface area contributed by atoms with Gasteiger partial charge in [0.15, 0.2) is 37.7 Å². The summed E-state index contributed by atoms with van der Waals surface area (Å²) in [6.07, 6.45) is -51.6. The van der Waals surface area contributed by atoms with Crippen LogP contribution < -0.4 is 16.0 Å². The maximum Gasteiger partial charge on any atom is 0.217 e. The largest absolute Gasteiger partial charge is 0.394 e. The first-order chi connectivity index (χ1) is 35.9. The van der Waals surface area contributed by atoms with Crippen molar-refractivity contribution in [3.05, 3.63) is 0 Å². The van der Waals surface area contributed by atoms with Crippen LogP contribution in [-0.4, -0.2) is 328 Å². The first-order valence-electron chi connectivity index (χ1n) is 24.1. The van der Waals surface area contributed by atoms with Crippen LogP contribution in [0, 0.1) is 0 Å². The standard InChI is InChI=1S/C42H71N3O31/c1-10(51)43-19-27(59)33(16(7-49)67-37(19)65)73-39-21(45-12(3)53)28(60)34(17(8-50)71-39)74-41-32(64)35(75-40-31(63)29(61)23(55)14(5-47)69-40)25(57)18(72-41)9-66-42-36(30(62)24(56)15(6-48)70-42)76-38-20(44-11(2)52)26(58)22(54)13(4-46)68-38/h13-42,46-50,54-65H,4-9H2,1-3H3,(H,43,51)(H,44,52)(H,45,53)/t13-,14-,15-,16-,17-,18-,19-,20-,21-,22-,23-,24-,25-,26-,27-,28-,29+,30+,31+,32+,33-,34-,35+,36+,37?,38+,39+,40-,41-,42+/m1/s1. The van der Waals surface area contributed by atoms with E-state index >= 15 is 0 Å². The lowest BCUT2D eigenvalue weighted by molar-refractivity contribution is -0.387. The summed E-state index contributed by atoms with van der Waals surface area (Å²) in [6.45, 7) is -2.65. The fourth-order valence-corrected chi connectivity index (χ4v) is 9.60. The van der Waals surface area contributed by atoms with E-state index in [1.54, 1.807) is 0 Å². The van der Waals surface area contributed by atoms with Gasteiger partial charge >= 0.3 is 0 Å². The lowest BCUT2D eigenvalue weighted by atomic mass is 9.94. The highest BCUT2D eigenvalue weighted by Gasteiger charge is 2.57. The van der Waals surface area contributed by atoms with Gasteiger partial charge in [-0.15, -0.1) is 0 Å². The summed E-state index contributed by atoms with van der Waals surface area (Å²) in [6, 6.07) is -4.92. The summed E-state index contributed by atoms with van der Waals surface area (Å²) < 4.78 is 63.6. The van der Waals surface area contributed by atoms with E-state index in [0.717, 1.165) is 20.8 Å². The van der Waals surface area contributed by atoms with E-state index in [2.05, 4.69) is 16.0 Å². The molecule has 0 aliphatic carbocycles. The minimum absolute atomic E-state index is 0.721. The van der Waals surface area contributed by atoms with E-state index < -0.39 is 241 Å². The molecule has 3 amide bonds. The molecule has 0 bridgehead atoms. The molecule has 0 aromatic carbocycles. The Balaban J connectivity index is 1.30. The van der Waals surface area contributed by atoms with Crippen LogP contribution in [-0.2, 0) is 66.5 Å². The molecule has 6 aliphatic rings. The van der Waals surface area contributed by atoms with Crippen LogP contribution in [0.1, 0.15) is 20.8 Å². The second-order valence-corrected chi connectivity index (χ2v) is 19.0. The topological polar surface area (TPSA) is 533 Å². The van der Waals surface area contributed by atoms with Gasteiger partial charge in [0.05, 0.1) is 39.6 Å². The number of carbonyl (C=O) groups excluding carboxylic acids is 3. The van der Waals surface area contributed by atoms with Gasteiger partial charge in [-0.25, -0.2) is 0 Å². The molecule has 6 fully saturated rings. The van der Waals surface area contributed by atoms with E-state index in [-0.39, 0.29) is 0 Å². The molecule has 76 heavy (non-hydrogen) atoms. The Kier molecular flexibility index (Phi) is 22.3. The number of hydrogen-bond acceptors (Lipinski definition) is 31. The molecule has 0 aromatic rings. The van der Waals surface area contributed by atoms with E-state index in [1.807, 2.05) is 0 Å². The van der Waals surface area contributed by atoms with E-state index in [4.69, 9.17) is 52.1 Å². The van der Waals surface area contributed by atoms with Gasteiger partial charge in [0.2, 0.25) is 17.7 Å². The van der Waals surface area contributed by atoms with Crippen molar-refractivity contribution in [1.29, 1.82) is 0 Å². The van der Waals surface area contributed by atoms with Crippen LogP contribution in [0.3, 0.4) is 0 Å². The second-order valence-electron chi connectivity index (χ2n) is 19.0. The van der Waals surface area contributed by atoms with Crippen LogP contribution in [0.15, 0.2) is 0 Å². The number of hydrogen-bond donors (Lipinski definition) is 20. The predicted molar refractivity (Wildman–Crippen MR) is 234 cm³/mol. The van der Waals surface area contributed by atoms with E-state index in [1.165, 1.54) is 0 Å². The molecule has 0 saturated carbocycles. The van der Waals surface area contributed by atoms with Gasteiger partial charge in [0.25, 0.3) is 0 Å². The molecular formula is C42H71N3O31. The minimum Gasteiger partial charge on any atom is -0.394 e. The molecule has 34 nitrogen and oxygen atoms in total. The first-order valence-corrected chi connectivity index (χ1v) is 24.1. The summed E-state index contributed by atoms with van der Waals surface area (Å²) in [5.74, 6) is -2.33. The molecule has 6 aliphatic heterocycles. The molecule has 0 radical (unpaired) electrons. The number of aliphatic hydroxyl groups excluding tert-OH is 17. The Morgan fingerprint density at radius 2 is 0.711 bits per heavy atom. The summed E-state index contributed by atoms with van der Waals surface area (Å²) in [5, 5.41) is 190. The average Bonchev–Trinajstić information content (AvgIpc) is 3.37. The highest BCUT2D eigenvalue weighted by atomic mass is 16.8. The smallest absolute Gasteiger partial charge is 0.217 e. The summed E-state index contributed by atoms with van der Waals surface area (Å²) >= 11 is 0. The van der Waals surface area contributed by atoms with Gasteiger partial charge in [-0.1, -0.05) is 0 Å². The maximum atomic E-state index is 12.6. The number of carbonyl (C=O) groups is 3. The van der Waals surface area contributed by atoms with Crippen molar-refractivity contribution in [2.45, 2.75) is 205 Å². The van der Waals surface area contributed by atoms with Gasteiger partial charge in [-0.05, 0) is 0 Å². The summed E-state index contributed by atoms with van der Waals surface area (Å²) in [4.78, 5) is 36.7. The monoisotopic (exact) mass is 1110 g/mol. The van der Waals surface area contributed by atoms with E-state index in [9.17, 15) is 101 Å². The van der Waals surface area contributed by atoms with Gasteiger partial charge in [-0.2, -0.15) is 0 Å². The van der Waals surface area contributed by atoms with E-state index in [0.29, 0.717) is 0 Å². The fraction of sp³-hybridized carbons (Fsp3) is 0.929.